The van der Waals surface area contributed by atoms with E-state index in [9.17, 15) is 9.59 Å². The van der Waals surface area contributed by atoms with E-state index in [1.54, 1.807) is 0 Å². The maximum absolute atomic E-state index is 11.7. The van der Waals surface area contributed by atoms with E-state index in [2.05, 4.69) is 24.1 Å². The van der Waals surface area contributed by atoms with E-state index in [0.717, 1.165) is 6.42 Å². The molecule has 110 valence electrons. The molecular formula is C14H20N2O4. The van der Waals surface area contributed by atoms with Crippen LogP contribution < -0.4 is 5.32 Å². The molecule has 0 atom stereocenters. The lowest BCUT2D eigenvalue weighted by atomic mass is 10.1. The number of pyridine rings is 1. The Labute approximate surface area is 118 Å². The normalized spacial score (nSPS) is 10.6. The third-order valence-corrected chi connectivity index (χ3v) is 2.57. The number of nitrogens with one attached hydrogen (secondary N) is 1. The van der Waals surface area contributed by atoms with Crippen LogP contribution in [0, 0.1) is 5.92 Å². The average Bonchev–Trinajstić information content (AvgIpc) is 2.42. The lowest BCUT2D eigenvalue weighted by Gasteiger charge is -2.07. The van der Waals surface area contributed by atoms with E-state index in [4.69, 9.17) is 9.84 Å². The highest BCUT2D eigenvalue weighted by atomic mass is 16.5. The summed E-state index contributed by atoms with van der Waals surface area (Å²) < 4.78 is 5.36. The van der Waals surface area contributed by atoms with E-state index in [1.165, 1.54) is 18.2 Å². The summed E-state index contributed by atoms with van der Waals surface area (Å²) in [6, 6.07) is 4.31. The standard InChI is InChI=1S/C14H20N2O4/c1-10(2)6-8-20-9-7-15-13(17)11-4-3-5-12(16-11)14(18)19/h3-5,10H,6-9H2,1-2H3,(H,15,17)(H,18,19). The molecule has 0 spiro atoms. The van der Waals surface area contributed by atoms with Gasteiger partial charge in [0.25, 0.3) is 5.91 Å². The summed E-state index contributed by atoms with van der Waals surface area (Å²) in [6.07, 6.45) is 0.982. The van der Waals surface area contributed by atoms with Gasteiger partial charge in [0, 0.05) is 13.2 Å². The van der Waals surface area contributed by atoms with Gasteiger partial charge in [-0.1, -0.05) is 19.9 Å². The molecule has 0 aromatic carbocycles. The molecule has 0 aliphatic rings. The molecule has 0 saturated carbocycles. The van der Waals surface area contributed by atoms with Gasteiger partial charge >= 0.3 is 5.97 Å². The van der Waals surface area contributed by atoms with Crippen molar-refractivity contribution in [1.82, 2.24) is 10.3 Å². The fourth-order valence-electron chi connectivity index (χ4n) is 1.43. The van der Waals surface area contributed by atoms with E-state index in [0.29, 0.717) is 25.7 Å². The van der Waals surface area contributed by atoms with Crippen LogP contribution in [0.1, 0.15) is 41.2 Å². The van der Waals surface area contributed by atoms with Gasteiger partial charge in [-0.2, -0.15) is 0 Å². The molecule has 0 saturated heterocycles. The van der Waals surface area contributed by atoms with Crippen molar-refractivity contribution < 1.29 is 19.4 Å². The minimum Gasteiger partial charge on any atom is -0.477 e. The van der Waals surface area contributed by atoms with Gasteiger partial charge in [0.1, 0.15) is 11.4 Å². The van der Waals surface area contributed by atoms with Crippen LogP contribution in [-0.4, -0.2) is 41.7 Å². The Morgan fingerprint density at radius 1 is 1.30 bits per heavy atom. The van der Waals surface area contributed by atoms with Crippen LogP contribution in [0.25, 0.3) is 0 Å². The Balaban J connectivity index is 2.32. The number of hydrogen-bond acceptors (Lipinski definition) is 4. The van der Waals surface area contributed by atoms with Gasteiger partial charge in [0.2, 0.25) is 0 Å². The third kappa shape index (κ3) is 5.79. The number of carboxylic acid groups (broad SMARTS) is 1. The predicted molar refractivity (Wildman–Crippen MR) is 73.8 cm³/mol. The summed E-state index contributed by atoms with van der Waals surface area (Å²) >= 11 is 0. The van der Waals surface area contributed by atoms with Gasteiger partial charge in [-0.05, 0) is 24.5 Å². The molecule has 0 aliphatic carbocycles. The maximum atomic E-state index is 11.7. The molecule has 1 heterocycles. The molecule has 0 fully saturated rings. The van der Waals surface area contributed by atoms with Crippen LogP contribution in [0.2, 0.25) is 0 Å². The van der Waals surface area contributed by atoms with Crippen molar-refractivity contribution in [3.63, 3.8) is 0 Å². The van der Waals surface area contributed by atoms with Crippen molar-refractivity contribution in [2.45, 2.75) is 20.3 Å². The first kappa shape index (κ1) is 16.1. The zero-order chi connectivity index (χ0) is 15.0. The lowest BCUT2D eigenvalue weighted by Crippen LogP contribution is -2.28. The van der Waals surface area contributed by atoms with Gasteiger partial charge in [-0.15, -0.1) is 0 Å². The molecule has 0 bridgehead atoms. The highest BCUT2D eigenvalue weighted by molar-refractivity contribution is 5.94. The Morgan fingerprint density at radius 2 is 2.00 bits per heavy atom. The quantitative estimate of drug-likeness (QED) is 0.706. The first-order valence-electron chi connectivity index (χ1n) is 6.57. The van der Waals surface area contributed by atoms with Gasteiger partial charge in [-0.3, -0.25) is 4.79 Å². The Morgan fingerprint density at radius 3 is 2.65 bits per heavy atom. The average molecular weight is 280 g/mol. The summed E-state index contributed by atoms with van der Waals surface area (Å²) in [5.41, 5.74) is -0.0575. The molecule has 2 N–H and O–H groups in total. The molecule has 0 aliphatic heterocycles. The molecule has 0 unspecified atom stereocenters. The molecule has 1 amide bonds. The van der Waals surface area contributed by atoms with Crippen molar-refractivity contribution >= 4 is 11.9 Å². The van der Waals surface area contributed by atoms with Crippen molar-refractivity contribution in [2.24, 2.45) is 5.92 Å². The molecule has 1 aromatic rings. The fraction of sp³-hybridized carbons (Fsp3) is 0.500. The molecular weight excluding hydrogens is 260 g/mol. The van der Waals surface area contributed by atoms with Gasteiger partial charge < -0.3 is 15.2 Å². The highest BCUT2D eigenvalue weighted by Gasteiger charge is 2.10. The SMILES string of the molecule is CC(C)CCOCCNC(=O)c1cccc(C(=O)O)n1. The second-order valence-electron chi connectivity index (χ2n) is 4.76. The minimum atomic E-state index is -1.16. The van der Waals surface area contributed by atoms with Crippen molar-refractivity contribution in [3.8, 4) is 0 Å². The summed E-state index contributed by atoms with van der Waals surface area (Å²) in [6.45, 7) is 5.70. The molecule has 1 aromatic heterocycles. The first-order chi connectivity index (χ1) is 9.50. The Hall–Kier alpha value is -1.95. The number of aromatic carboxylic acids is 1. The fourth-order valence-corrected chi connectivity index (χ4v) is 1.43. The highest BCUT2D eigenvalue weighted by Crippen LogP contribution is 2.00. The van der Waals surface area contributed by atoms with Crippen LogP contribution >= 0.6 is 0 Å². The number of amides is 1. The predicted octanol–water partition coefficient (Wildman–Crippen LogP) is 1.57. The van der Waals surface area contributed by atoms with Gasteiger partial charge in [0.05, 0.1) is 6.61 Å². The number of hydrogen-bond donors (Lipinski definition) is 2. The topological polar surface area (TPSA) is 88.5 Å². The summed E-state index contributed by atoms with van der Waals surface area (Å²) in [5, 5.41) is 11.4. The summed E-state index contributed by atoms with van der Waals surface area (Å²) in [4.78, 5) is 26.2. The summed E-state index contributed by atoms with van der Waals surface area (Å²) in [5.74, 6) is -0.968. The molecule has 6 heteroatoms. The second-order valence-corrected chi connectivity index (χ2v) is 4.76. The lowest BCUT2D eigenvalue weighted by molar-refractivity contribution is 0.0690. The summed E-state index contributed by atoms with van der Waals surface area (Å²) in [7, 11) is 0. The second kappa shape index (κ2) is 8.27. The van der Waals surface area contributed by atoms with E-state index in [1.807, 2.05) is 0 Å². The number of carbonyl (C=O) groups is 2. The zero-order valence-corrected chi connectivity index (χ0v) is 11.8. The van der Waals surface area contributed by atoms with Crippen molar-refractivity contribution in [3.05, 3.63) is 29.6 Å². The maximum Gasteiger partial charge on any atom is 0.354 e. The minimum absolute atomic E-state index is 0.0899. The molecule has 0 radical (unpaired) electrons. The smallest absolute Gasteiger partial charge is 0.354 e. The number of carboxylic acids is 1. The van der Waals surface area contributed by atoms with Crippen molar-refractivity contribution in [2.75, 3.05) is 19.8 Å². The monoisotopic (exact) mass is 280 g/mol. The third-order valence-electron chi connectivity index (χ3n) is 2.57. The van der Waals surface area contributed by atoms with Crippen LogP contribution in [-0.2, 0) is 4.74 Å². The van der Waals surface area contributed by atoms with E-state index < -0.39 is 11.9 Å². The van der Waals surface area contributed by atoms with E-state index >= 15 is 0 Å². The number of nitrogens with zero attached hydrogens (tertiary/aromatic N) is 1. The van der Waals surface area contributed by atoms with Crippen molar-refractivity contribution in [1.29, 1.82) is 0 Å². The van der Waals surface area contributed by atoms with Crippen LogP contribution in [0.5, 0.6) is 0 Å². The van der Waals surface area contributed by atoms with Crippen LogP contribution in [0.4, 0.5) is 0 Å². The molecule has 6 nitrogen and oxygen atoms in total. The van der Waals surface area contributed by atoms with Crippen LogP contribution in [0.15, 0.2) is 18.2 Å². The Kier molecular flexibility index (Phi) is 6.66. The van der Waals surface area contributed by atoms with Gasteiger partial charge in [-0.25, -0.2) is 9.78 Å². The number of aromatic nitrogens is 1. The van der Waals surface area contributed by atoms with Gasteiger partial charge in [0.15, 0.2) is 0 Å². The van der Waals surface area contributed by atoms with Crippen LogP contribution in [0.3, 0.4) is 0 Å². The number of rotatable bonds is 8. The molecule has 20 heavy (non-hydrogen) atoms. The largest absolute Gasteiger partial charge is 0.477 e. The van der Waals surface area contributed by atoms with E-state index in [-0.39, 0.29) is 11.4 Å². The number of ether oxygens (including phenoxy) is 1. The Bertz CT molecular complexity index is 460. The zero-order valence-electron chi connectivity index (χ0n) is 11.8. The first-order valence-corrected chi connectivity index (χ1v) is 6.57. The molecule has 1 rings (SSSR count). The number of carbonyl (C=O) groups excluding carboxylic acids is 1.